The van der Waals surface area contributed by atoms with E-state index >= 15 is 0 Å². The molecular formula is C4H7NO3. The van der Waals surface area contributed by atoms with Crippen LogP contribution < -0.4 is 5.32 Å². The number of β-amino-alcohol motifs (C(OH)–C–C–N with tert-alkyl or cyclic N) is 1. The first kappa shape index (κ1) is 5.53. The molecule has 0 saturated carbocycles. The normalized spacial score (nSPS) is 36.1. The molecule has 3 N–H and O–H groups in total. The molecule has 0 unspecified atom stereocenters. The monoisotopic (exact) mass is 117 g/mol. The number of aliphatic hydroxyl groups is 1. The molecular weight excluding hydrogens is 110 g/mol. The first-order valence-corrected chi connectivity index (χ1v) is 2.36. The van der Waals surface area contributed by atoms with E-state index in [4.69, 9.17) is 10.2 Å². The number of nitrogens with one attached hydrogen (secondary N) is 1. The largest absolute Gasteiger partial charge is 0.480 e. The van der Waals surface area contributed by atoms with Crippen LogP contribution in [0.25, 0.3) is 0 Å². The summed E-state index contributed by atoms with van der Waals surface area (Å²) in [7, 11) is 0. The van der Waals surface area contributed by atoms with Crippen molar-refractivity contribution >= 4 is 5.97 Å². The van der Waals surface area contributed by atoms with Gasteiger partial charge in [-0.3, -0.25) is 10.1 Å². The third-order valence-electron chi connectivity index (χ3n) is 1.20. The lowest BCUT2D eigenvalue weighted by molar-refractivity contribution is -0.146. The Morgan fingerprint density at radius 3 is 2.38 bits per heavy atom. The van der Waals surface area contributed by atoms with Gasteiger partial charge in [-0.2, -0.15) is 0 Å². The topological polar surface area (TPSA) is 69.6 Å². The Labute approximate surface area is 46.1 Å². The Morgan fingerprint density at radius 1 is 1.75 bits per heavy atom. The lowest BCUT2D eigenvalue weighted by Crippen LogP contribution is -2.61. The van der Waals surface area contributed by atoms with Crippen molar-refractivity contribution in [3.8, 4) is 0 Å². The van der Waals surface area contributed by atoms with E-state index in [0.717, 1.165) is 0 Å². The molecule has 4 nitrogen and oxygen atoms in total. The molecule has 2 atom stereocenters. The van der Waals surface area contributed by atoms with Crippen LogP contribution in [0.1, 0.15) is 0 Å². The summed E-state index contributed by atoms with van der Waals surface area (Å²) in [5.41, 5.74) is 0. The average molecular weight is 117 g/mol. The van der Waals surface area contributed by atoms with Gasteiger partial charge in [0.1, 0.15) is 6.04 Å². The zero-order valence-corrected chi connectivity index (χ0v) is 4.16. The number of rotatable bonds is 1. The van der Waals surface area contributed by atoms with Crippen molar-refractivity contribution in [2.75, 3.05) is 6.54 Å². The van der Waals surface area contributed by atoms with Gasteiger partial charge in [0.25, 0.3) is 0 Å². The fourth-order valence-corrected chi connectivity index (χ4v) is 0.593. The van der Waals surface area contributed by atoms with E-state index in [1.54, 1.807) is 0 Å². The number of carboxylic acids is 1. The zero-order valence-electron chi connectivity index (χ0n) is 4.16. The summed E-state index contributed by atoms with van der Waals surface area (Å²) in [5.74, 6) is -0.983. The van der Waals surface area contributed by atoms with Crippen molar-refractivity contribution in [3.05, 3.63) is 0 Å². The molecule has 0 aliphatic carbocycles. The number of hydrogen-bond acceptors (Lipinski definition) is 3. The number of carbonyl (C=O) groups is 1. The highest BCUT2D eigenvalue weighted by atomic mass is 16.4. The SMILES string of the molecule is O=C(O)[C@H]1NC[C@H]1O. The Morgan fingerprint density at radius 2 is 2.38 bits per heavy atom. The number of aliphatic hydroxyl groups excluding tert-OH is 1. The minimum absolute atomic E-state index is 0.400. The Kier molecular flexibility index (Phi) is 1.19. The van der Waals surface area contributed by atoms with Crippen molar-refractivity contribution in [2.45, 2.75) is 12.1 Å². The molecule has 8 heavy (non-hydrogen) atoms. The molecule has 0 amide bonds. The first-order chi connectivity index (χ1) is 3.72. The van der Waals surface area contributed by atoms with Crippen LogP contribution in [0.3, 0.4) is 0 Å². The quantitative estimate of drug-likeness (QED) is 0.387. The molecule has 0 aromatic heterocycles. The highest BCUT2D eigenvalue weighted by Gasteiger charge is 2.34. The molecule has 0 spiro atoms. The van der Waals surface area contributed by atoms with Crippen LogP contribution in [0.5, 0.6) is 0 Å². The van der Waals surface area contributed by atoms with Crippen LogP contribution in [-0.4, -0.2) is 34.9 Å². The lowest BCUT2D eigenvalue weighted by Gasteiger charge is -2.29. The summed E-state index contributed by atoms with van der Waals surface area (Å²) < 4.78 is 0. The minimum Gasteiger partial charge on any atom is -0.480 e. The van der Waals surface area contributed by atoms with Crippen molar-refractivity contribution in [2.24, 2.45) is 0 Å². The fourth-order valence-electron chi connectivity index (χ4n) is 0.593. The summed E-state index contributed by atoms with van der Waals surface area (Å²) in [6.45, 7) is 0.400. The van der Waals surface area contributed by atoms with Gasteiger partial charge in [-0.1, -0.05) is 0 Å². The lowest BCUT2D eigenvalue weighted by atomic mass is 10.0. The van der Waals surface area contributed by atoms with E-state index in [2.05, 4.69) is 5.32 Å². The molecule has 1 heterocycles. The van der Waals surface area contributed by atoms with E-state index in [1.165, 1.54) is 0 Å². The average Bonchev–Trinajstić information content (AvgIpc) is 1.61. The van der Waals surface area contributed by atoms with Gasteiger partial charge < -0.3 is 10.2 Å². The van der Waals surface area contributed by atoms with Gasteiger partial charge in [-0.25, -0.2) is 0 Å². The van der Waals surface area contributed by atoms with Gasteiger partial charge in [0.05, 0.1) is 6.10 Å². The zero-order chi connectivity index (χ0) is 6.15. The molecule has 1 fully saturated rings. The second-order valence-electron chi connectivity index (χ2n) is 1.79. The van der Waals surface area contributed by atoms with Crippen LogP contribution in [-0.2, 0) is 4.79 Å². The van der Waals surface area contributed by atoms with Gasteiger partial charge in [-0.05, 0) is 0 Å². The van der Waals surface area contributed by atoms with Gasteiger partial charge in [0.15, 0.2) is 0 Å². The molecule has 46 valence electrons. The number of aliphatic carboxylic acids is 1. The molecule has 1 aliphatic rings. The van der Waals surface area contributed by atoms with Gasteiger partial charge in [0.2, 0.25) is 0 Å². The standard InChI is InChI=1S/C4H7NO3/c6-2-1-5-3(2)4(7)8/h2-3,5-6H,1H2,(H,7,8)/t2-,3+/m1/s1. The summed E-state index contributed by atoms with van der Waals surface area (Å²) in [5, 5.41) is 19.4. The third-order valence-corrected chi connectivity index (χ3v) is 1.20. The fraction of sp³-hybridized carbons (Fsp3) is 0.750. The summed E-state index contributed by atoms with van der Waals surface area (Å²) in [6.07, 6.45) is -0.688. The Balaban J connectivity index is 2.37. The molecule has 4 heteroatoms. The smallest absolute Gasteiger partial charge is 0.323 e. The summed E-state index contributed by atoms with van der Waals surface area (Å²) in [4.78, 5) is 9.97. The van der Waals surface area contributed by atoms with Gasteiger partial charge in [0, 0.05) is 6.54 Å². The minimum atomic E-state index is -0.983. The second kappa shape index (κ2) is 1.72. The van der Waals surface area contributed by atoms with Gasteiger partial charge >= 0.3 is 5.97 Å². The highest BCUT2D eigenvalue weighted by Crippen LogP contribution is 2.01. The molecule has 1 saturated heterocycles. The maximum absolute atomic E-state index is 9.97. The molecule has 0 aromatic carbocycles. The first-order valence-electron chi connectivity index (χ1n) is 2.36. The summed E-state index contributed by atoms with van der Waals surface area (Å²) in [6, 6.07) is -0.727. The Bertz CT molecular complexity index is 114. The van der Waals surface area contributed by atoms with E-state index < -0.39 is 18.1 Å². The van der Waals surface area contributed by atoms with Crippen LogP contribution in [0, 0.1) is 0 Å². The van der Waals surface area contributed by atoms with Crippen LogP contribution >= 0.6 is 0 Å². The molecule has 0 radical (unpaired) electrons. The number of carboxylic acid groups (broad SMARTS) is 1. The van der Waals surface area contributed by atoms with E-state index in [1.807, 2.05) is 0 Å². The van der Waals surface area contributed by atoms with Crippen molar-refractivity contribution in [3.63, 3.8) is 0 Å². The van der Waals surface area contributed by atoms with E-state index in [-0.39, 0.29) is 0 Å². The van der Waals surface area contributed by atoms with E-state index in [0.29, 0.717) is 6.54 Å². The third kappa shape index (κ3) is 0.677. The maximum Gasteiger partial charge on any atom is 0.323 e. The van der Waals surface area contributed by atoms with E-state index in [9.17, 15) is 4.79 Å². The molecule has 1 aliphatic heterocycles. The second-order valence-corrected chi connectivity index (χ2v) is 1.79. The van der Waals surface area contributed by atoms with Crippen LogP contribution in [0.4, 0.5) is 0 Å². The maximum atomic E-state index is 9.97. The predicted octanol–water partition coefficient (Wildman–Crippen LogP) is -1.60. The molecule has 0 aromatic rings. The van der Waals surface area contributed by atoms with Crippen molar-refractivity contribution < 1.29 is 15.0 Å². The summed E-state index contributed by atoms with van der Waals surface area (Å²) >= 11 is 0. The Hall–Kier alpha value is -0.610. The van der Waals surface area contributed by atoms with Crippen molar-refractivity contribution in [1.82, 2.24) is 5.32 Å². The molecule has 0 bridgehead atoms. The number of hydrogen-bond donors (Lipinski definition) is 3. The van der Waals surface area contributed by atoms with Crippen LogP contribution in [0.15, 0.2) is 0 Å². The predicted molar refractivity (Wildman–Crippen MR) is 25.4 cm³/mol. The van der Waals surface area contributed by atoms with Crippen molar-refractivity contribution in [1.29, 1.82) is 0 Å². The highest BCUT2D eigenvalue weighted by molar-refractivity contribution is 5.75. The van der Waals surface area contributed by atoms with Gasteiger partial charge in [-0.15, -0.1) is 0 Å². The molecule has 1 rings (SSSR count). The van der Waals surface area contributed by atoms with Crippen LogP contribution in [0.2, 0.25) is 0 Å².